The first-order valence-corrected chi connectivity index (χ1v) is 6.97. The van der Waals surface area contributed by atoms with Crippen LogP contribution in [0.5, 0.6) is 0 Å². The molecular weight excluding hydrogens is 254 g/mol. The van der Waals surface area contributed by atoms with Gasteiger partial charge in [0.25, 0.3) is 5.91 Å². The fraction of sp³-hybridized carbons (Fsp3) is 0.400. The van der Waals surface area contributed by atoms with E-state index < -0.39 is 0 Å². The molecule has 2 aromatic rings. The summed E-state index contributed by atoms with van der Waals surface area (Å²) < 4.78 is 5.23. The number of aromatic nitrogens is 1. The summed E-state index contributed by atoms with van der Waals surface area (Å²) in [6.45, 7) is 3.11. The number of fused-ring (bicyclic) bond motifs is 4. The Morgan fingerprint density at radius 2 is 2.25 bits per heavy atom. The first-order chi connectivity index (χ1) is 9.79. The van der Waals surface area contributed by atoms with Gasteiger partial charge in [-0.1, -0.05) is 0 Å². The molecule has 5 nitrogen and oxygen atoms in total. The monoisotopic (exact) mass is 269 g/mol. The summed E-state index contributed by atoms with van der Waals surface area (Å²) >= 11 is 0. The molecule has 1 amide bonds. The molecule has 0 saturated carbocycles. The largest absolute Gasteiger partial charge is 0.463 e. The highest BCUT2D eigenvalue weighted by molar-refractivity contribution is 6.05. The first kappa shape index (κ1) is 11.8. The number of nitrogens with zero attached hydrogens (tertiary/aromatic N) is 3. The van der Waals surface area contributed by atoms with E-state index >= 15 is 0 Å². The van der Waals surface area contributed by atoms with Gasteiger partial charge in [0.15, 0.2) is 5.58 Å². The zero-order chi connectivity index (χ0) is 13.5. The Hall–Kier alpha value is -2.01. The topological polar surface area (TPSA) is 58.7 Å². The Kier molecular flexibility index (Phi) is 2.67. The maximum Gasteiger partial charge on any atom is 0.295 e. The molecule has 3 aliphatic heterocycles. The molecule has 3 saturated heterocycles. The minimum Gasteiger partial charge on any atom is -0.463 e. The third-order valence-electron chi connectivity index (χ3n) is 4.25. The Labute approximate surface area is 116 Å². The second-order valence-corrected chi connectivity index (χ2v) is 5.49. The molecule has 3 fully saturated rings. The zero-order valence-corrected chi connectivity index (χ0v) is 11.1. The van der Waals surface area contributed by atoms with Crippen LogP contribution >= 0.6 is 0 Å². The Balaban J connectivity index is 1.63. The van der Waals surface area contributed by atoms with Crippen molar-refractivity contribution >= 4 is 22.6 Å². The van der Waals surface area contributed by atoms with Crippen LogP contribution in [0.15, 0.2) is 34.0 Å². The lowest BCUT2D eigenvalue weighted by Crippen LogP contribution is -2.48. The molecule has 20 heavy (non-hydrogen) atoms. The van der Waals surface area contributed by atoms with Crippen molar-refractivity contribution in [2.75, 3.05) is 19.6 Å². The van der Waals surface area contributed by atoms with E-state index in [4.69, 9.17) is 4.42 Å². The predicted molar refractivity (Wildman–Crippen MR) is 74.9 cm³/mol. The number of piperidine rings is 3. The molecule has 0 N–H and O–H groups in total. The molecule has 2 aromatic heterocycles. The SMILES string of the molecule is O=C(N=C1CN2CCC1CC2)c1cc2ccoc2cn1. The number of carbonyl (C=O) groups excluding carboxylic acids is 1. The minimum atomic E-state index is -0.239. The van der Waals surface area contributed by atoms with Crippen LogP contribution in [0.4, 0.5) is 0 Å². The molecule has 5 heteroatoms. The third kappa shape index (κ3) is 1.94. The molecule has 0 aliphatic carbocycles. The maximum atomic E-state index is 12.3. The van der Waals surface area contributed by atoms with Gasteiger partial charge in [-0.2, -0.15) is 0 Å². The minimum absolute atomic E-state index is 0.239. The van der Waals surface area contributed by atoms with E-state index in [2.05, 4.69) is 14.9 Å². The quantitative estimate of drug-likeness (QED) is 0.795. The average Bonchev–Trinajstić information content (AvgIpc) is 2.96. The highest BCUT2D eigenvalue weighted by atomic mass is 16.3. The van der Waals surface area contributed by atoms with Gasteiger partial charge in [0, 0.05) is 23.6 Å². The van der Waals surface area contributed by atoms with Crippen molar-refractivity contribution in [2.24, 2.45) is 10.9 Å². The summed E-state index contributed by atoms with van der Waals surface area (Å²) in [5.74, 6) is 0.249. The smallest absolute Gasteiger partial charge is 0.295 e. The lowest BCUT2D eigenvalue weighted by Gasteiger charge is -2.39. The number of rotatable bonds is 1. The Morgan fingerprint density at radius 3 is 3.00 bits per heavy atom. The summed E-state index contributed by atoms with van der Waals surface area (Å²) in [5, 5.41) is 0.887. The number of hydrogen-bond donors (Lipinski definition) is 0. The predicted octanol–water partition coefficient (Wildman–Crippen LogP) is 2.13. The fourth-order valence-electron chi connectivity index (χ4n) is 3.08. The van der Waals surface area contributed by atoms with E-state index in [1.807, 2.05) is 6.07 Å². The second-order valence-electron chi connectivity index (χ2n) is 5.49. The lowest BCUT2D eigenvalue weighted by molar-refractivity contribution is 0.0994. The number of pyridine rings is 1. The molecule has 0 spiro atoms. The van der Waals surface area contributed by atoms with Crippen LogP contribution in [0.2, 0.25) is 0 Å². The number of amides is 1. The van der Waals surface area contributed by atoms with Gasteiger partial charge in [0.05, 0.1) is 12.5 Å². The van der Waals surface area contributed by atoms with Crippen LogP contribution in [-0.4, -0.2) is 41.1 Å². The van der Waals surface area contributed by atoms with E-state index in [0.717, 1.165) is 43.6 Å². The van der Waals surface area contributed by atoms with Gasteiger partial charge in [-0.05, 0) is 38.1 Å². The fourth-order valence-corrected chi connectivity index (χ4v) is 3.08. The molecule has 0 aromatic carbocycles. The molecule has 5 heterocycles. The highest BCUT2D eigenvalue weighted by Crippen LogP contribution is 2.25. The normalized spacial score (nSPS) is 27.3. The van der Waals surface area contributed by atoms with Crippen LogP contribution in [0.1, 0.15) is 23.3 Å². The van der Waals surface area contributed by atoms with Crippen molar-refractivity contribution in [3.8, 4) is 0 Å². The zero-order valence-electron chi connectivity index (χ0n) is 11.1. The molecule has 102 valence electrons. The van der Waals surface area contributed by atoms with Gasteiger partial charge in [0.2, 0.25) is 0 Å². The Morgan fingerprint density at radius 1 is 1.40 bits per heavy atom. The molecule has 3 aliphatic rings. The maximum absolute atomic E-state index is 12.3. The van der Waals surface area contributed by atoms with Crippen LogP contribution in [0, 0.1) is 5.92 Å². The van der Waals surface area contributed by atoms with Crippen molar-refractivity contribution in [3.05, 3.63) is 30.3 Å². The molecule has 5 rings (SSSR count). The summed E-state index contributed by atoms with van der Waals surface area (Å²) in [6.07, 6.45) is 5.43. The number of aliphatic imine (C=N–C) groups is 1. The van der Waals surface area contributed by atoms with Gasteiger partial charge in [-0.15, -0.1) is 0 Å². The summed E-state index contributed by atoms with van der Waals surface area (Å²) in [6, 6.07) is 3.57. The van der Waals surface area contributed by atoms with Crippen molar-refractivity contribution in [2.45, 2.75) is 12.8 Å². The van der Waals surface area contributed by atoms with Crippen LogP contribution in [0.3, 0.4) is 0 Å². The molecule has 0 atom stereocenters. The molecule has 2 bridgehead atoms. The Bertz CT molecular complexity index is 696. The highest BCUT2D eigenvalue weighted by Gasteiger charge is 2.31. The molecule has 0 unspecified atom stereocenters. The van der Waals surface area contributed by atoms with Gasteiger partial charge < -0.3 is 4.42 Å². The van der Waals surface area contributed by atoms with Gasteiger partial charge in [-0.25, -0.2) is 9.98 Å². The van der Waals surface area contributed by atoms with Crippen LogP contribution in [0.25, 0.3) is 11.0 Å². The van der Waals surface area contributed by atoms with Crippen molar-refractivity contribution < 1.29 is 9.21 Å². The van der Waals surface area contributed by atoms with E-state index in [1.54, 1.807) is 18.5 Å². The lowest BCUT2D eigenvalue weighted by atomic mass is 9.86. The van der Waals surface area contributed by atoms with Crippen molar-refractivity contribution in [1.29, 1.82) is 0 Å². The number of hydrogen-bond acceptors (Lipinski definition) is 4. The third-order valence-corrected chi connectivity index (χ3v) is 4.25. The number of carbonyl (C=O) groups is 1. The van der Waals surface area contributed by atoms with Crippen LogP contribution < -0.4 is 0 Å². The average molecular weight is 269 g/mol. The summed E-state index contributed by atoms with van der Waals surface area (Å²) in [4.78, 5) is 23.1. The summed E-state index contributed by atoms with van der Waals surface area (Å²) in [5.41, 5.74) is 2.11. The first-order valence-electron chi connectivity index (χ1n) is 6.97. The molecular formula is C15H15N3O2. The molecule has 0 radical (unpaired) electrons. The van der Waals surface area contributed by atoms with E-state index in [-0.39, 0.29) is 5.91 Å². The van der Waals surface area contributed by atoms with Crippen molar-refractivity contribution in [3.63, 3.8) is 0 Å². The van der Waals surface area contributed by atoms with Gasteiger partial charge >= 0.3 is 0 Å². The van der Waals surface area contributed by atoms with E-state index in [9.17, 15) is 4.79 Å². The summed E-state index contributed by atoms with van der Waals surface area (Å²) in [7, 11) is 0. The second kappa shape index (κ2) is 4.52. The van der Waals surface area contributed by atoms with Crippen molar-refractivity contribution in [1.82, 2.24) is 9.88 Å². The standard InChI is InChI=1S/C15H15N3O2/c19-15(12-7-11-3-6-20-14(11)8-16-12)17-13-9-18-4-1-10(13)2-5-18/h3,6-8,10H,1-2,4-5,9H2. The van der Waals surface area contributed by atoms with E-state index in [1.165, 1.54) is 0 Å². The van der Waals surface area contributed by atoms with Gasteiger partial charge in [-0.3, -0.25) is 9.69 Å². The van der Waals surface area contributed by atoms with Crippen LogP contribution in [-0.2, 0) is 0 Å². The van der Waals surface area contributed by atoms with E-state index in [0.29, 0.717) is 17.2 Å². The van der Waals surface area contributed by atoms with Gasteiger partial charge in [0.1, 0.15) is 5.69 Å². The number of furan rings is 1.